The van der Waals surface area contributed by atoms with Crippen molar-refractivity contribution in [1.29, 1.82) is 0 Å². The van der Waals surface area contributed by atoms with Gasteiger partial charge in [-0.15, -0.1) is 0 Å². The highest BCUT2D eigenvalue weighted by Crippen LogP contribution is 2.33. The van der Waals surface area contributed by atoms with Gasteiger partial charge in [-0.3, -0.25) is 0 Å². The van der Waals surface area contributed by atoms with Crippen LogP contribution >= 0.6 is 0 Å². The number of hydrogen-bond donors (Lipinski definition) is 4. The van der Waals surface area contributed by atoms with Crippen LogP contribution < -0.4 is 21.3 Å². The van der Waals surface area contributed by atoms with Crippen molar-refractivity contribution in [2.75, 3.05) is 78.5 Å². The molecule has 0 radical (unpaired) electrons. The first-order valence-corrected chi connectivity index (χ1v) is 24.5. The van der Waals surface area contributed by atoms with Gasteiger partial charge in [-0.25, -0.2) is 0 Å². The van der Waals surface area contributed by atoms with Crippen LogP contribution in [0.3, 0.4) is 0 Å². The van der Waals surface area contributed by atoms with E-state index in [0.717, 1.165) is 23.7 Å². The molecule has 8 aliphatic rings. The maximum absolute atomic E-state index is 4.16. The van der Waals surface area contributed by atoms with Crippen LogP contribution in [0.15, 0.2) is 49.1 Å². The zero-order chi connectivity index (χ0) is 44.2. The topological polar surface area (TPSA) is 61.1 Å². The second-order valence-corrected chi connectivity index (χ2v) is 24.9. The van der Waals surface area contributed by atoms with Gasteiger partial charge >= 0.3 is 0 Å². The first kappa shape index (κ1) is 49.0. The minimum Gasteiger partial charge on any atom is -0.384 e. The lowest BCUT2D eigenvalue weighted by atomic mass is 9.90. The predicted molar refractivity (Wildman–Crippen MR) is 259 cm³/mol. The second kappa shape index (κ2) is 20.2. The fraction of sp³-hybridized carbons (Fsp3) is 0.846. The Hall–Kier alpha value is -2.00. The zero-order valence-electron chi connectivity index (χ0n) is 41.4. The summed E-state index contributed by atoms with van der Waals surface area (Å²) in [6.45, 7) is 58.7. The lowest BCUT2D eigenvalue weighted by Crippen LogP contribution is -2.45. The van der Waals surface area contributed by atoms with Crippen molar-refractivity contribution in [3.63, 3.8) is 0 Å². The van der Waals surface area contributed by atoms with Crippen LogP contribution in [0, 0.1) is 45.3 Å². The molecule has 60 heavy (non-hydrogen) atoms. The van der Waals surface area contributed by atoms with Crippen molar-refractivity contribution in [2.45, 2.75) is 159 Å². The van der Waals surface area contributed by atoms with Gasteiger partial charge in [0.15, 0.2) is 0 Å². The monoisotopic (exact) mass is 833 g/mol. The minimum atomic E-state index is 0.186. The summed E-state index contributed by atoms with van der Waals surface area (Å²) < 4.78 is 0. The smallest absolute Gasteiger partial charge is 0.0388 e. The molecule has 4 N–H and O–H groups in total. The maximum Gasteiger partial charge on any atom is 0.0388 e. The molecule has 12 atom stereocenters. The highest BCUT2D eigenvalue weighted by Gasteiger charge is 2.36. The van der Waals surface area contributed by atoms with Gasteiger partial charge in [-0.05, 0) is 101 Å². The molecule has 0 spiro atoms. The Labute approximate surface area is 371 Å². The molecule has 0 aromatic carbocycles. The fourth-order valence-corrected chi connectivity index (χ4v) is 10.5. The van der Waals surface area contributed by atoms with Gasteiger partial charge in [-0.2, -0.15) is 0 Å². The highest BCUT2D eigenvalue weighted by molar-refractivity contribution is 5.09. The first-order valence-electron chi connectivity index (χ1n) is 24.5. The normalized spacial score (nSPS) is 35.3. The summed E-state index contributed by atoms with van der Waals surface area (Å²) in [6, 6.07) is 2.55. The van der Waals surface area contributed by atoms with Crippen LogP contribution in [0.25, 0.3) is 0 Å². The summed E-state index contributed by atoms with van der Waals surface area (Å²) in [6.07, 6.45) is 11.0. The molecular weight excluding hydrogens is 737 g/mol. The maximum atomic E-state index is 4.16. The van der Waals surface area contributed by atoms with Crippen molar-refractivity contribution in [3.8, 4) is 0 Å². The van der Waals surface area contributed by atoms with Crippen molar-refractivity contribution in [1.82, 2.24) is 40.9 Å². The largest absolute Gasteiger partial charge is 0.384 e. The number of nitrogens with zero attached hydrogens (tertiary/aromatic N) is 4. The number of fused-ring (bicyclic) bond motifs is 8. The van der Waals surface area contributed by atoms with Crippen molar-refractivity contribution >= 4 is 0 Å². The average molecular weight is 833 g/mol. The van der Waals surface area contributed by atoms with Crippen molar-refractivity contribution in [3.05, 3.63) is 49.1 Å². The number of nitrogens with one attached hydrogen (secondary N) is 4. The van der Waals surface area contributed by atoms with Gasteiger partial charge in [0.05, 0.1) is 0 Å². The van der Waals surface area contributed by atoms with Crippen LogP contribution in [0.4, 0.5) is 0 Å². The molecule has 8 aliphatic heterocycles. The van der Waals surface area contributed by atoms with Crippen molar-refractivity contribution in [2.24, 2.45) is 45.3 Å². The van der Waals surface area contributed by atoms with E-state index in [4.69, 9.17) is 0 Å². The molecule has 344 valence electrons. The molecule has 8 bridgehead atoms. The Morgan fingerprint density at radius 3 is 0.667 bits per heavy atom. The Bertz CT molecular complexity index is 1180. The van der Waals surface area contributed by atoms with E-state index >= 15 is 0 Å². The lowest BCUT2D eigenvalue weighted by molar-refractivity contribution is 0.221. The van der Waals surface area contributed by atoms with E-state index in [2.05, 4.69) is 150 Å². The summed E-state index contributed by atoms with van der Waals surface area (Å²) in [5, 5.41) is 14.5. The van der Waals surface area contributed by atoms with Gasteiger partial charge in [0.2, 0.25) is 0 Å². The Morgan fingerprint density at radius 1 is 0.333 bits per heavy atom. The third kappa shape index (κ3) is 15.1. The minimum absolute atomic E-state index is 0.186. The van der Waals surface area contributed by atoms with Gasteiger partial charge in [-0.1, -0.05) is 109 Å². The van der Waals surface area contributed by atoms with E-state index in [1.54, 1.807) is 0 Å². The van der Waals surface area contributed by atoms with Crippen LogP contribution in [-0.2, 0) is 0 Å². The highest BCUT2D eigenvalue weighted by atomic mass is 15.2. The summed E-state index contributed by atoms with van der Waals surface area (Å²) >= 11 is 0. The van der Waals surface area contributed by atoms with Gasteiger partial charge in [0, 0.05) is 121 Å². The van der Waals surface area contributed by atoms with Crippen LogP contribution in [-0.4, -0.2) is 122 Å². The summed E-state index contributed by atoms with van der Waals surface area (Å²) in [5.74, 6) is 3.74. The van der Waals surface area contributed by atoms with E-state index in [1.807, 2.05) is 0 Å². The van der Waals surface area contributed by atoms with Gasteiger partial charge in [0.1, 0.15) is 0 Å². The molecule has 0 aromatic heterocycles. The molecule has 8 nitrogen and oxygen atoms in total. The SMILES string of the molecule is C=C(N[C@@H]1CC2CCN(C2)C1)C(C)(C)C.C=C(N[C@@H]1CC2CCN(C2)C1)C(C)(C)C.C=C(N[C@H]1CC2CCN(C2)C1)C(C)(C)C.C=C(N[C@H]1CC2CCN(C2)C1)C(C)(C)C. The Morgan fingerprint density at radius 2 is 0.517 bits per heavy atom. The molecule has 0 aliphatic carbocycles. The van der Waals surface area contributed by atoms with Crippen LogP contribution in [0.5, 0.6) is 0 Å². The summed E-state index contributed by atoms with van der Waals surface area (Å²) in [7, 11) is 0. The lowest BCUT2D eigenvalue weighted by Gasteiger charge is -2.34. The molecule has 0 aromatic rings. The third-order valence-corrected chi connectivity index (χ3v) is 15.0. The second-order valence-electron chi connectivity index (χ2n) is 24.9. The van der Waals surface area contributed by atoms with E-state index in [-0.39, 0.29) is 21.7 Å². The predicted octanol–water partition coefficient (Wildman–Crippen LogP) is 8.92. The molecule has 8 saturated heterocycles. The fourth-order valence-electron chi connectivity index (χ4n) is 10.5. The molecule has 8 heterocycles. The van der Waals surface area contributed by atoms with Gasteiger partial charge in [0.25, 0.3) is 0 Å². The average Bonchev–Trinajstić information content (AvgIpc) is 3.87. The molecule has 0 saturated carbocycles. The zero-order valence-corrected chi connectivity index (χ0v) is 41.4. The number of rotatable bonds is 8. The Balaban J connectivity index is 0.000000152. The standard InChI is InChI=1S/4C13H24N2/c4*1-10(13(2,3)4)14-12-7-11-5-6-15(8-11)9-12/h4*11-12,14H,1,5-9H2,2-4H3/t4*11?,12-/m1100/s1. The van der Waals surface area contributed by atoms with E-state index < -0.39 is 0 Å². The molecular formula is C52H96N8. The third-order valence-electron chi connectivity index (χ3n) is 15.0. The number of hydrogen-bond acceptors (Lipinski definition) is 8. The first-order chi connectivity index (χ1) is 27.8. The number of allylic oxidation sites excluding steroid dienone is 4. The van der Waals surface area contributed by atoms with E-state index in [0.29, 0.717) is 24.2 Å². The Kier molecular flexibility index (Phi) is 16.5. The van der Waals surface area contributed by atoms with Crippen LogP contribution in [0.2, 0.25) is 0 Å². The molecule has 8 heteroatoms. The van der Waals surface area contributed by atoms with E-state index in [1.165, 1.54) is 153 Å². The molecule has 8 rings (SSSR count). The molecule has 8 fully saturated rings. The quantitative estimate of drug-likeness (QED) is 0.194. The van der Waals surface area contributed by atoms with Crippen molar-refractivity contribution < 1.29 is 0 Å². The van der Waals surface area contributed by atoms with Gasteiger partial charge < -0.3 is 40.9 Å². The van der Waals surface area contributed by atoms with E-state index in [9.17, 15) is 0 Å². The molecule has 0 amide bonds. The van der Waals surface area contributed by atoms with Crippen LogP contribution in [0.1, 0.15) is 134 Å². The molecule has 8 unspecified atom stereocenters. The summed E-state index contributed by atoms with van der Waals surface area (Å²) in [5.41, 5.74) is 5.50. The summed E-state index contributed by atoms with van der Waals surface area (Å²) in [4.78, 5) is 10.3. The number of piperidine rings is 4.